The number of benzene rings is 2. The molecule has 0 spiro atoms. The van der Waals surface area contributed by atoms with Crippen molar-refractivity contribution in [2.45, 2.75) is 39.7 Å². The fraction of sp³-hybridized carbons (Fsp3) is 0.519. The van der Waals surface area contributed by atoms with E-state index in [1.165, 1.54) is 34.7 Å². The Morgan fingerprint density at radius 1 is 0.763 bits per heavy atom. The number of rotatable bonds is 16. The summed E-state index contributed by atoms with van der Waals surface area (Å²) in [6, 6.07) is 10.0. The van der Waals surface area contributed by atoms with Crippen molar-refractivity contribution in [3.63, 3.8) is 0 Å². The molecule has 0 aromatic heterocycles. The van der Waals surface area contributed by atoms with Crippen LogP contribution >= 0.6 is 0 Å². The largest absolute Gasteiger partial charge is 0.377 e. The Kier molecular flexibility index (Phi) is 10.4. The van der Waals surface area contributed by atoms with Gasteiger partial charge in [0.2, 0.25) is 5.69 Å². The summed E-state index contributed by atoms with van der Waals surface area (Å²) < 4.78 is 24.5. The monoisotopic (exact) mass is 530 g/mol. The van der Waals surface area contributed by atoms with Crippen molar-refractivity contribution < 1.29 is 33.4 Å². The number of ether oxygens (including phenoxy) is 4. The second-order valence-corrected chi connectivity index (χ2v) is 9.64. The Hall–Kier alpha value is -3.25. The van der Waals surface area contributed by atoms with Crippen LogP contribution in [0.15, 0.2) is 36.4 Å². The van der Waals surface area contributed by atoms with Gasteiger partial charge < -0.3 is 18.9 Å². The van der Waals surface area contributed by atoms with Crippen molar-refractivity contribution in [3.05, 3.63) is 73.3 Å². The third-order valence-electron chi connectivity index (χ3n) is 6.65. The van der Waals surface area contributed by atoms with Crippen LogP contribution in [-0.2, 0) is 31.0 Å². The summed E-state index contributed by atoms with van der Waals surface area (Å²) in [5, 5.41) is 21.9. The number of nitro groups is 2. The lowest BCUT2D eigenvalue weighted by molar-refractivity contribution is -0.443. The molecule has 0 atom stereocenters. The molecule has 11 heteroatoms. The molecule has 0 radical (unpaired) electrons. The maximum Gasteiger partial charge on any atom is 0.276 e. The van der Waals surface area contributed by atoms with Crippen LogP contribution in [0.25, 0.3) is 0 Å². The highest BCUT2D eigenvalue weighted by Crippen LogP contribution is 2.39. The van der Waals surface area contributed by atoms with E-state index in [0.717, 1.165) is 12.6 Å². The van der Waals surface area contributed by atoms with Crippen LogP contribution < -0.4 is 0 Å². The van der Waals surface area contributed by atoms with E-state index in [0.29, 0.717) is 45.2 Å². The number of fused-ring (bicyclic) bond motifs is 1. The Labute approximate surface area is 222 Å². The standard InChI is InChI=1S/C27H36N3O8/c1-20-5-6-26-25(15-20)27(3,4)21(2)28(26)7-8-35-9-10-36-11-12-37-13-14-38-19-22-16-23(29(31)32)18-24(17-22)30(33)34/h5-6,15-18H,7-14,19H2,1-4H3/q+1. The first-order valence-corrected chi connectivity index (χ1v) is 12.6. The van der Waals surface area contributed by atoms with Crippen LogP contribution in [0.3, 0.4) is 0 Å². The fourth-order valence-electron chi connectivity index (χ4n) is 4.34. The predicted molar refractivity (Wildman–Crippen MR) is 142 cm³/mol. The molecule has 3 rings (SSSR count). The molecular weight excluding hydrogens is 494 g/mol. The van der Waals surface area contributed by atoms with E-state index in [2.05, 4.69) is 50.5 Å². The van der Waals surface area contributed by atoms with Gasteiger partial charge in [0.15, 0.2) is 12.3 Å². The molecule has 0 saturated heterocycles. The minimum absolute atomic E-state index is 0.0111. The van der Waals surface area contributed by atoms with Crippen LogP contribution in [-0.4, -0.2) is 72.9 Å². The van der Waals surface area contributed by atoms with Crippen molar-refractivity contribution in [3.8, 4) is 0 Å². The molecule has 0 aliphatic carbocycles. The smallest absolute Gasteiger partial charge is 0.276 e. The predicted octanol–water partition coefficient (Wildman–Crippen LogP) is 4.47. The van der Waals surface area contributed by atoms with Gasteiger partial charge in [0.25, 0.3) is 11.4 Å². The SMILES string of the molecule is CC1=[N+](CCOCCOCCOCCOCc2cc([N+](=O)[O-])cc([N+](=O)[O-])c2)c2ccc(C)cc2C1(C)C. The van der Waals surface area contributed by atoms with Crippen LogP contribution in [0.2, 0.25) is 0 Å². The van der Waals surface area contributed by atoms with Crippen LogP contribution in [0.4, 0.5) is 17.1 Å². The van der Waals surface area contributed by atoms with Gasteiger partial charge in [0.1, 0.15) is 6.61 Å². The Morgan fingerprint density at radius 2 is 1.29 bits per heavy atom. The second-order valence-electron chi connectivity index (χ2n) is 9.64. The van der Waals surface area contributed by atoms with Crippen molar-refractivity contribution in [2.75, 3.05) is 52.8 Å². The topological polar surface area (TPSA) is 126 Å². The molecule has 206 valence electrons. The quantitative estimate of drug-likeness (QED) is 0.135. The van der Waals surface area contributed by atoms with Gasteiger partial charge in [0, 0.05) is 30.7 Å². The zero-order chi connectivity index (χ0) is 27.7. The molecule has 0 unspecified atom stereocenters. The molecule has 0 amide bonds. The summed E-state index contributed by atoms with van der Waals surface area (Å²) in [6.45, 7) is 12.5. The molecule has 0 N–H and O–H groups in total. The summed E-state index contributed by atoms with van der Waals surface area (Å²) in [5.74, 6) is 0. The van der Waals surface area contributed by atoms with Crippen LogP contribution in [0, 0.1) is 27.2 Å². The lowest BCUT2D eigenvalue weighted by Crippen LogP contribution is -2.27. The summed E-state index contributed by atoms with van der Waals surface area (Å²) in [7, 11) is 0. The first-order chi connectivity index (χ1) is 18.1. The molecule has 0 bridgehead atoms. The molecule has 11 nitrogen and oxygen atoms in total. The van der Waals surface area contributed by atoms with Gasteiger partial charge in [-0.3, -0.25) is 20.2 Å². The number of non-ortho nitro benzene ring substituents is 2. The van der Waals surface area contributed by atoms with Crippen molar-refractivity contribution >= 4 is 22.8 Å². The molecule has 38 heavy (non-hydrogen) atoms. The third-order valence-corrected chi connectivity index (χ3v) is 6.65. The fourth-order valence-corrected chi connectivity index (χ4v) is 4.34. The molecule has 0 fully saturated rings. The number of aryl methyl sites for hydroxylation is 1. The first kappa shape index (κ1) is 29.3. The molecule has 2 aromatic carbocycles. The first-order valence-electron chi connectivity index (χ1n) is 12.6. The number of nitro benzene ring substituents is 2. The minimum atomic E-state index is -0.668. The average Bonchev–Trinajstić information content (AvgIpc) is 3.06. The van der Waals surface area contributed by atoms with Gasteiger partial charge in [-0.15, -0.1) is 0 Å². The van der Waals surface area contributed by atoms with E-state index < -0.39 is 9.85 Å². The van der Waals surface area contributed by atoms with Gasteiger partial charge in [0.05, 0.1) is 67.6 Å². The van der Waals surface area contributed by atoms with E-state index >= 15 is 0 Å². The zero-order valence-electron chi connectivity index (χ0n) is 22.4. The van der Waals surface area contributed by atoms with E-state index in [4.69, 9.17) is 18.9 Å². The molecule has 2 aromatic rings. The van der Waals surface area contributed by atoms with E-state index in [1.807, 2.05) is 0 Å². The number of nitrogens with zero attached hydrogens (tertiary/aromatic N) is 3. The van der Waals surface area contributed by atoms with Crippen molar-refractivity contribution in [1.29, 1.82) is 0 Å². The van der Waals surface area contributed by atoms with Gasteiger partial charge in [-0.2, -0.15) is 4.58 Å². The summed E-state index contributed by atoms with van der Waals surface area (Å²) in [4.78, 5) is 20.5. The minimum Gasteiger partial charge on any atom is -0.377 e. The van der Waals surface area contributed by atoms with E-state index in [1.54, 1.807) is 0 Å². The number of hydrogen-bond acceptors (Lipinski definition) is 8. The molecule has 0 saturated carbocycles. The highest BCUT2D eigenvalue weighted by atomic mass is 16.6. The maximum atomic E-state index is 10.9. The molecule has 1 heterocycles. The molecular formula is C27H36N3O8+. The molecule has 1 aliphatic heterocycles. The van der Waals surface area contributed by atoms with Crippen molar-refractivity contribution in [1.82, 2.24) is 0 Å². The third kappa shape index (κ3) is 7.64. The van der Waals surface area contributed by atoms with Gasteiger partial charge >= 0.3 is 0 Å². The molecule has 1 aliphatic rings. The Balaban J connectivity index is 1.23. The second kappa shape index (κ2) is 13.5. The zero-order valence-corrected chi connectivity index (χ0v) is 22.4. The summed E-state index contributed by atoms with van der Waals surface area (Å²) in [6.07, 6.45) is 0. The van der Waals surface area contributed by atoms with Gasteiger partial charge in [-0.1, -0.05) is 11.6 Å². The van der Waals surface area contributed by atoms with Gasteiger partial charge in [-0.25, -0.2) is 0 Å². The highest BCUT2D eigenvalue weighted by molar-refractivity contribution is 5.93. The Bertz CT molecular complexity index is 1150. The van der Waals surface area contributed by atoms with Crippen LogP contribution in [0.5, 0.6) is 0 Å². The Morgan fingerprint density at radius 3 is 1.84 bits per heavy atom. The van der Waals surface area contributed by atoms with Crippen LogP contribution in [0.1, 0.15) is 37.5 Å². The lowest BCUT2D eigenvalue weighted by atomic mass is 9.82. The van der Waals surface area contributed by atoms with Gasteiger partial charge in [-0.05, 0) is 32.4 Å². The van der Waals surface area contributed by atoms with E-state index in [-0.39, 0.29) is 30.0 Å². The summed E-state index contributed by atoms with van der Waals surface area (Å²) >= 11 is 0. The normalized spacial score (nSPS) is 14.1. The van der Waals surface area contributed by atoms with E-state index in [9.17, 15) is 20.2 Å². The number of hydrogen-bond donors (Lipinski definition) is 0. The highest BCUT2D eigenvalue weighted by Gasteiger charge is 2.42. The maximum absolute atomic E-state index is 10.9. The van der Waals surface area contributed by atoms with Crippen molar-refractivity contribution in [2.24, 2.45) is 0 Å². The lowest BCUT2D eigenvalue weighted by Gasteiger charge is -2.15. The average molecular weight is 531 g/mol. The summed E-state index contributed by atoms with van der Waals surface area (Å²) in [5.41, 5.74) is 4.89.